The highest BCUT2D eigenvalue weighted by molar-refractivity contribution is 7.15. The maximum atomic E-state index is 12.7. The summed E-state index contributed by atoms with van der Waals surface area (Å²) in [5.41, 5.74) is 0.889. The Kier molecular flexibility index (Phi) is 5.67. The van der Waals surface area contributed by atoms with Crippen LogP contribution in [-0.4, -0.2) is 50.4 Å². The summed E-state index contributed by atoms with van der Waals surface area (Å²) in [6.07, 6.45) is 6.73. The lowest BCUT2D eigenvalue weighted by Crippen LogP contribution is -2.23. The highest BCUT2D eigenvalue weighted by atomic mass is 32.1. The molecule has 0 unspecified atom stereocenters. The Balaban J connectivity index is 1.25. The standard InChI is InChI=1S/C23H23N5O3S/c29-19(15-5-7-17-18(11-15)23(31)25-22(17)30)13-28-14-24-21(26-28)20-8-6-16(32-20)12-27-9-3-1-2-4-10-27/h5-8,11,14H,1-4,9-10,12-13H2,(H,25,30,31). The molecule has 1 N–H and O–H groups in total. The quantitative estimate of drug-likeness (QED) is 0.459. The third kappa shape index (κ3) is 4.26. The lowest BCUT2D eigenvalue weighted by molar-refractivity contribution is 0.0878. The third-order valence-electron chi connectivity index (χ3n) is 5.86. The van der Waals surface area contributed by atoms with Gasteiger partial charge in [-0.1, -0.05) is 18.9 Å². The fraction of sp³-hybridized carbons (Fsp3) is 0.348. The van der Waals surface area contributed by atoms with Crippen molar-refractivity contribution in [2.45, 2.75) is 38.8 Å². The molecule has 9 heteroatoms. The lowest BCUT2D eigenvalue weighted by Gasteiger charge is -2.18. The zero-order chi connectivity index (χ0) is 22.1. The number of nitrogens with zero attached hydrogens (tertiary/aromatic N) is 4. The third-order valence-corrected chi connectivity index (χ3v) is 6.93. The first-order valence-corrected chi connectivity index (χ1v) is 11.6. The Bertz CT molecular complexity index is 1190. The molecule has 2 aliphatic rings. The first-order valence-electron chi connectivity index (χ1n) is 10.8. The molecule has 1 aromatic carbocycles. The Morgan fingerprint density at radius 1 is 1.00 bits per heavy atom. The van der Waals surface area contributed by atoms with Gasteiger partial charge in [-0.05, 0) is 50.2 Å². The zero-order valence-electron chi connectivity index (χ0n) is 17.5. The van der Waals surface area contributed by atoms with E-state index in [1.54, 1.807) is 23.7 Å². The molecule has 0 spiro atoms. The van der Waals surface area contributed by atoms with Gasteiger partial charge in [-0.25, -0.2) is 9.67 Å². The molecule has 0 aliphatic carbocycles. The van der Waals surface area contributed by atoms with Crippen LogP contribution in [0.5, 0.6) is 0 Å². The van der Waals surface area contributed by atoms with Gasteiger partial charge >= 0.3 is 0 Å². The van der Waals surface area contributed by atoms with Crippen molar-refractivity contribution >= 4 is 28.9 Å². The molecule has 0 radical (unpaired) electrons. The van der Waals surface area contributed by atoms with E-state index in [4.69, 9.17) is 0 Å². The summed E-state index contributed by atoms with van der Waals surface area (Å²) in [4.78, 5) is 45.4. The summed E-state index contributed by atoms with van der Waals surface area (Å²) in [6.45, 7) is 3.27. The van der Waals surface area contributed by atoms with Crippen molar-refractivity contribution in [3.63, 3.8) is 0 Å². The molecular formula is C23H23N5O3S. The molecular weight excluding hydrogens is 426 g/mol. The predicted octanol–water partition coefficient (Wildman–Crippen LogP) is 3.15. The number of nitrogens with one attached hydrogen (secondary N) is 1. The molecule has 0 bridgehead atoms. The number of benzene rings is 1. The first kappa shape index (κ1) is 20.7. The summed E-state index contributed by atoms with van der Waals surface area (Å²) < 4.78 is 1.50. The monoisotopic (exact) mass is 449 g/mol. The van der Waals surface area contributed by atoms with Gasteiger partial charge in [0.15, 0.2) is 11.6 Å². The fourth-order valence-electron chi connectivity index (χ4n) is 4.16. The molecule has 4 heterocycles. The second-order valence-corrected chi connectivity index (χ2v) is 9.36. The number of carbonyl (C=O) groups excluding carboxylic acids is 3. The van der Waals surface area contributed by atoms with Gasteiger partial charge < -0.3 is 0 Å². The molecule has 5 rings (SSSR count). The Hall–Kier alpha value is -3.17. The van der Waals surface area contributed by atoms with Crippen LogP contribution in [0.3, 0.4) is 0 Å². The largest absolute Gasteiger partial charge is 0.298 e. The van der Waals surface area contributed by atoms with Crippen molar-refractivity contribution in [3.8, 4) is 10.7 Å². The van der Waals surface area contributed by atoms with Crippen LogP contribution in [0.15, 0.2) is 36.7 Å². The molecule has 2 amide bonds. The highest BCUT2D eigenvalue weighted by Crippen LogP contribution is 2.27. The summed E-state index contributed by atoms with van der Waals surface area (Å²) in [7, 11) is 0. The minimum absolute atomic E-state index is 0.00730. The van der Waals surface area contributed by atoms with Gasteiger partial charge in [0.25, 0.3) is 11.8 Å². The van der Waals surface area contributed by atoms with E-state index < -0.39 is 11.8 Å². The van der Waals surface area contributed by atoms with Crippen molar-refractivity contribution in [2.75, 3.05) is 13.1 Å². The maximum absolute atomic E-state index is 12.7. The SMILES string of the molecule is O=C(Cn1cnc(-c2ccc(CN3CCCCCC3)s2)n1)c1ccc2c(c1)C(=O)NC2=O. The van der Waals surface area contributed by atoms with Crippen LogP contribution >= 0.6 is 11.3 Å². The minimum Gasteiger partial charge on any atom is -0.298 e. The van der Waals surface area contributed by atoms with Gasteiger partial charge in [-0.2, -0.15) is 0 Å². The van der Waals surface area contributed by atoms with E-state index in [1.807, 2.05) is 6.07 Å². The van der Waals surface area contributed by atoms with E-state index in [-0.39, 0.29) is 17.9 Å². The van der Waals surface area contributed by atoms with Crippen LogP contribution in [0.25, 0.3) is 10.7 Å². The molecule has 164 valence electrons. The smallest absolute Gasteiger partial charge is 0.258 e. The number of carbonyl (C=O) groups is 3. The summed E-state index contributed by atoms with van der Waals surface area (Å²) in [6, 6.07) is 8.70. The molecule has 1 fully saturated rings. The normalized spacial score (nSPS) is 16.6. The topological polar surface area (TPSA) is 97.2 Å². The highest BCUT2D eigenvalue weighted by Gasteiger charge is 2.27. The molecule has 32 heavy (non-hydrogen) atoms. The summed E-state index contributed by atoms with van der Waals surface area (Å²) >= 11 is 1.69. The number of amides is 2. The van der Waals surface area contributed by atoms with Crippen LogP contribution in [0.4, 0.5) is 0 Å². The first-order chi connectivity index (χ1) is 15.6. The number of imide groups is 1. The maximum Gasteiger partial charge on any atom is 0.258 e. The van der Waals surface area contributed by atoms with Crippen molar-refractivity contribution in [3.05, 3.63) is 58.2 Å². The van der Waals surface area contributed by atoms with Crippen molar-refractivity contribution in [1.29, 1.82) is 0 Å². The number of ketones is 1. The molecule has 0 atom stereocenters. The number of Topliss-reactive ketones (excluding diaryl/α,β-unsaturated/α-hetero) is 1. The molecule has 8 nitrogen and oxygen atoms in total. The molecule has 2 aliphatic heterocycles. The number of fused-ring (bicyclic) bond motifs is 1. The molecule has 0 saturated carbocycles. The zero-order valence-corrected chi connectivity index (χ0v) is 18.4. The minimum atomic E-state index is -0.476. The number of thiophene rings is 1. The number of hydrogen-bond acceptors (Lipinski definition) is 7. The predicted molar refractivity (Wildman–Crippen MR) is 120 cm³/mol. The van der Waals surface area contributed by atoms with Crippen LogP contribution in [-0.2, 0) is 13.1 Å². The van der Waals surface area contributed by atoms with Gasteiger partial charge in [0.05, 0.1) is 16.0 Å². The van der Waals surface area contributed by atoms with Crippen molar-refractivity contribution < 1.29 is 14.4 Å². The average Bonchev–Trinajstić information content (AvgIpc) is 3.44. The number of hydrogen-bond donors (Lipinski definition) is 1. The lowest BCUT2D eigenvalue weighted by atomic mass is 10.0. The van der Waals surface area contributed by atoms with E-state index in [0.29, 0.717) is 17.0 Å². The van der Waals surface area contributed by atoms with Gasteiger partial charge in [0.1, 0.15) is 12.9 Å². The molecule has 1 saturated heterocycles. The Labute approximate surface area is 189 Å². The van der Waals surface area contributed by atoms with Crippen LogP contribution in [0, 0.1) is 0 Å². The second kappa shape index (κ2) is 8.76. The Morgan fingerprint density at radius 3 is 2.59 bits per heavy atom. The van der Waals surface area contributed by atoms with Crippen molar-refractivity contribution in [2.24, 2.45) is 0 Å². The average molecular weight is 450 g/mol. The Morgan fingerprint density at radius 2 is 1.78 bits per heavy atom. The van der Waals surface area contributed by atoms with Gasteiger partial charge in [0.2, 0.25) is 0 Å². The van der Waals surface area contributed by atoms with E-state index in [2.05, 4.69) is 26.4 Å². The number of rotatable bonds is 6. The van der Waals surface area contributed by atoms with Crippen LogP contribution < -0.4 is 5.32 Å². The second-order valence-electron chi connectivity index (χ2n) is 8.19. The molecule has 3 aromatic rings. The van der Waals surface area contributed by atoms with E-state index in [1.165, 1.54) is 47.4 Å². The fourth-order valence-corrected chi connectivity index (χ4v) is 5.15. The van der Waals surface area contributed by atoms with Crippen molar-refractivity contribution in [1.82, 2.24) is 25.0 Å². The van der Waals surface area contributed by atoms with E-state index >= 15 is 0 Å². The van der Waals surface area contributed by atoms with E-state index in [0.717, 1.165) is 24.5 Å². The molecule has 2 aromatic heterocycles. The van der Waals surface area contributed by atoms with Crippen LogP contribution in [0.1, 0.15) is 61.6 Å². The summed E-state index contributed by atoms with van der Waals surface area (Å²) in [5, 5.41) is 6.70. The number of likely N-dealkylation sites (tertiary alicyclic amines) is 1. The van der Waals surface area contributed by atoms with E-state index in [9.17, 15) is 14.4 Å². The number of aromatic nitrogens is 3. The van der Waals surface area contributed by atoms with Gasteiger partial charge in [0, 0.05) is 17.0 Å². The van der Waals surface area contributed by atoms with Gasteiger partial charge in [-0.3, -0.25) is 24.6 Å². The van der Waals surface area contributed by atoms with Gasteiger partial charge in [-0.15, -0.1) is 16.4 Å². The summed E-state index contributed by atoms with van der Waals surface area (Å²) in [5.74, 6) is -0.513. The van der Waals surface area contributed by atoms with Crippen LogP contribution in [0.2, 0.25) is 0 Å².